The number of methoxy groups -OCH3 is 2. The van der Waals surface area contributed by atoms with Crippen molar-refractivity contribution in [1.82, 2.24) is 10.2 Å². The van der Waals surface area contributed by atoms with Gasteiger partial charge in [0.2, 0.25) is 0 Å². The topological polar surface area (TPSA) is 60.0 Å². The molecule has 6 nitrogen and oxygen atoms in total. The third-order valence-corrected chi connectivity index (χ3v) is 4.16. The molecule has 0 radical (unpaired) electrons. The second-order valence-corrected chi connectivity index (χ2v) is 6.20. The standard InChI is InChI=1S/C17H26N2O4/c1-17(2,19-5-7-23-8-6-19)12-18-16(20)13-9-14(21-3)11-15(10-13)22-4/h9-11H,5-8,12H2,1-4H3,(H,18,20). The molecule has 0 aromatic heterocycles. The van der Waals surface area contributed by atoms with E-state index in [1.54, 1.807) is 32.4 Å². The van der Waals surface area contributed by atoms with Crippen LogP contribution in [-0.2, 0) is 4.74 Å². The first-order chi connectivity index (χ1) is 11.0. The Hall–Kier alpha value is -1.79. The first-order valence-electron chi connectivity index (χ1n) is 7.80. The summed E-state index contributed by atoms with van der Waals surface area (Å²) in [5, 5.41) is 3.01. The van der Waals surface area contributed by atoms with Crippen LogP contribution in [0.2, 0.25) is 0 Å². The third kappa shape index (κ3) is 4.59. The molecule has 6 heteroatoms. The number of rotatable bonds is 6. The molecule has 1 amide bonds. The smallest absolute Gasteiger partial charge is 0.251 e. The van der Waals surface area contributed by atoms with Crippen molar-refractivity contribution in [3.63, 3.8) is 0 Å². The Labute approximate surface area is 137 Å². The van der Waals surface area contributed by atoms with Crippen LogP contribution in [0.1, 0.15) is 24.2 Å². The highest BCUT2D eigenvalue weighted by Crippen LogP contribution is 2.22. The van der Waals surface area contributed by atoms with Crippen molar-refractivity contribution in [2.24, 2.45) is 0 Å². The van der Waals surface area contributed by atoms with Crippen molar-refractivity contribution in [1.29, 1.82) is 0 Å². The molecule has 1 heterocycles. The zero-order valence-corrected chi connectivity index (χ0v) is 14.3. The minimum Gasteiger partial charge on any atom is -0.497 e. The Morgan fingerprint density at radius 3 is 2.26 bits per heavy atom. The fraction of sp³-hybridized carbons (Fsp3) is 0.588. The van der Waals surface area contributed by atoms with Gasteiger partial charge in [-0.05, 0) is 26.0 Å². The molecule has 0 aliphatic carbocycles. The van der Waals surface area contributed by atoms with Crippen molar-refractivity contribution in [3.05, 3.63) is 23.8 Å². The summed E-state index contributed by atoms with van der Waals surface area (Å²) < 4.78 is 15.8. The summed E-state index contributed by atoms with van der Waals surface area (Å²) in [7, 11) is 3.13. The molecule has 1 aromatic rings. The Kier molecular flexibility index (Phi) is 5.85. The van der Waals surface area contributed by atoms with Crippen molar-refractivity contribution in [2.75, 3.05) is 47.1 Å². The SMILES string of the molecule is COc1cc(OC)cc(C(=O)NCC(C)(C)N2CCOCC2)c1. The number of hydrogen-bond donors (Lipinski definition) is 1. The zero-order valence-electron chi connectivity index (χ0n) is 14.3. The number of morpholine rings is 1. The Morgan fingerprint density at radius 2 is 1.74 bits per heavy atom. The lowest BCUT2D eigenvalue weighted by atomic mass is 10.0. The lowest BCUT2D eigenvalue weighted by Crippen LogP contribution is -2.55. The maximum atomic E-state index is 12.4. The van der Waals surface area contributed by atoms with E-state index >= 15 is 0 Å². The van der Waals surface area contributed by atoms with Crippen LogP contribution in [0.3, 0.4) is 0 Å². The van der Waals surface area contributed by atoms with E-state index in [0.29, 0.717) is 23.6 Å². The summed E-state index contributed by atoms with van der Waals surface area (Å²) in [6, 6.07) is 5.16. The van der Waals surface area contributed by atoms with E-state index in [2.05, 4.69) is 24.1 Å². The van der Waals surface area contributed by atoms with Crippen LogP contribution in [-0.4, -0.2) is 63.4 Å². The molecule has 1 saturated heterocycles. The average molecular weight is 322 g/mol. The molecule has 1 aliphatic rings. The molecule has 0 unspecified atom stereocenters. The normalized spacial score (nSPS) is 16.0. The molecule has 1 aliphatic heterocycles. The Balaban J connectivity index is 2.01. The molecule has 2 rings (SSSR count). The molecule has 23 heavy (non-hydrogen) atoms. The number of carbonyl (C=O) groups is 1. The summed E-state index contributed by atoms with van der Waals surface area (Å²) in [4.78, 5) is 14.8. The van der Waals surface area contributed by atoms with Gasteiger partial charge in [-0.2, -0.15) is 0 Å². The molecule has 0 saturated carbocycles. The van der Waals surface area contributed by atoms with Gasteiger partial charge in [-0.1, -0.05) is 0 Å². The van der Waals surface area contributed by atoms with Crippen LogP contribution in [0.4, 0.5) is 0 Å². The zero-order chi connectivity index (χ0) is 16.9. The first kappa shape index (κ1) is 17.6. The van der Waals surface area contributed by atoms with Crippen LogP contribution in [0, 0.1) is 0 Å². The van der Waals surface area contributed by atoms with Crippen molar-refractivity contribution >= 4 is 5.91 Å². The molecular formula is C17H26N2O4. The highest BCUT2D eigenvalue weighted by atomic mass is 16.5. The number of nitrogens with one attached hydrogen (secondary N) is 1. The number of benzene rings is 1. The molecule has 1 aromatic carbocycles. The quantitative estimate of drug-likeness (QED) is 0.861. The van der Waals surface area contributed by atoms with Gasteiger partial charge in [0.25, 0.3) is 5.91 Å². The van der Waals surface area contributed by atoms with E-state index in [9.17, 15) is 4.79 Å². The van der Waals surface area contributed by atoms with Crippen LogP contribution >= 0.6 is 0 Å². The van der Waals surface area contributed by atoms with Gasteiger partial charge in [0.1, 0.15) is 11.5 Å². The van der Waals surface area contributed by atoms with Crippen LogP contribution in [0.5, 0.6) is 11.5 Å². The Bertz CT molecular complexity index is 517. The van der Waals surface area contributed by atoms with Gasteiger partial charge in [0, 0.05) is 36.8 Å². The summed E-state index contributed by atoms with van der Waals surface area (Å²) in [5.41, 5.74) is 0.404. The van der Waals surface area contributed by atoms with E-state index < -0.39 is 0 Å². The molecular weight excluding hydrogens is 296 g/mol. The predicted molar refractivity (Wildman–Crippen MR) is 88.4 cm³/mol. The van der Waals surface area contributed by atoms with Gasteiger partial charge in [0.05, 0.1) is 27.4 Å². The summed E-state index contributed by atoms with van der Waals surface area (Å²) in [6.45, 7) is 8.07. The molecule has 0 spiro atoms. The molecule has 128 valence electrons. The summed E-state index contributed by atoms with van der Waals surface area (Å²) in [5.74, 6) is 1.06. The van der Waals surface area contributed by atoms with Gasteiger partial charge in [-0.15, -0.1) is 0 Å². The number of nitrogens with zero attached hydrogens (tertiary/aromatic N) is 1. The van der Waals surface area contributed by atoms with E-state index in [1.807, 2.05) is 0 Å². The van der Waals surface area contributed by atoms with Crippen LogP contribution < -0.4 is 14.8 Å². The molecule has 1 fully saturated rings. The highest BCUT2D eigenvalue weighted by Gasteiger charge is 2.28. The average Bonchev–Trinajstić information content (AvgIpc) is 2.59. The number of amides is 1. The monoisotopic (exact) mass is 322 g/mol. The second-order valence-electron chi connectivity index (χ2n) is 6.20. The third-order valence-electron chi connectivity index (χ3n) is 4.16. The van der Waals surface area contributed by atoms with Crippen molar-refractivity contribution in [3.8, 4) is 11.5 Å². The predicted octanol–water partition coefficient (Wildman–Crippen LogP) is 1.54. The maximum absolute atomic E-state index is 12.4. The molecule has 1 N–H and O–H groups in total. The largest absolute Gasteiger partial charge is 0.497 e. The summed E-state index contributed by atoms with van der Waals surface area (Å²) in [6.07, 6.45) is 0. The summed E-state index contributed by atoms with van der Waals surface area (Å²) >= 11 is 0. The number of hydrogen-bond acceptors (Lipinski definition) is 5. The van der Waals surface area contributed by atoms with Gasteiger partial charge >= 0.3 is 0 Å². The van der Waals surface area contributed by atoms with E-state index in [-0.39, 0.29) is 11.4 Å². The van der Waals surface area contributed by atoms with Gasteiger partial charge in [-0.25, -0.2) is 0 Å². The maximum Gasteiger partial charge on any atom is 0.251 e. The molecule has 0 bridgehead atoms. The lowest BCUT2D eigenvalue weighted by Gasteiger charge is -2.40. The molecule has 0 atom stereocenters. The number of ether oxygens (including phenoxy) is 3. The highest BCUT2D eigenvalue weighted by molar-refractivity contribution is 5.95. The van der Waals surface area contributed by atoms with E-state index in [0.717, 1.165) is 26.3 Å². The lowest BCUT2D eigenvalue weighted by molar-refractivity contribution is -0.00923. The fourth-order valence-electron chi connectivity index (χ4n) is 2.62. The second kappa shape index (κ2) is 7.66. The first-order valence-corrected chi connectivity index (χ1v) is 7.80. The van der Waals surface area contributed by atoms with Crippen molar-refractivity contribution in [2.45, 2.75) is 19.4 Å². The van der Waals surface area contributed by atoms with E-state index in [1.165, 1.54) is 0 Å². The van der Waals surface area contributed by atoms with Gasteiger partial charge in [-0.3, -0.25) is 9.69 Å². The van der Waals surface area contributed by atoms with Crippen molar-refractivity contribution < 1.29 is 19.0 Å². The van der Waals surface area contributed by atoms with E-state index in [4.69, 9.17) is 14.2 Å². The van der Waals surface area contributed by atoms with Gasteiger partial charge in [0.15, 0.2) is 0 Å². The number of carbonyl (C=O) groups excluding carboxylic acids is 1. The van der Waals surface area contributed by atoms with Crippen LogP contribution in [0.15, 0.2) is 18.2 Å². The van der Waals surface area contributed by atoms with Gasteiger partial charge < -0.3 is 19.5 Å². The van der Waals surface area contributed by atoms with Crippen LogP contribution in [0.25, 0.3) is 0 Å². The fourth-order valence-corrected chi connectivity index (χ4v) is 2.62. The minimum absolute atomic E-state index is 0.123. The minimum atomic E-state index is -0.136. The Morgan fingerprint density at radius 1 is 1.17 bits per heavy atom.